The van der Waals surface area contributed by atoms with E-state index in [1.165, 1.54) is 22.9 Å². The van der Waals surface area contributed by atoms with Gasteiger partial charge in [-0.05, 0) is 12.1 Å². The molecule has 118 valence electrons. The second kappa shape index (κ2) is 6.63. The normalized spacial score (nSPS) is 12.0. The van der Waals surface area contributed by atoms with E-state index in [9.17, 15) is 26.4 Å². The van der Waals surface area contributed by atoms with Crippen LogP contribution in [0.4, 0.5) is 18.9 Å². The van der Waals surface area contributed by atoms with Crippen LogP contribution >= 0.6 is 0 Å². The molecule has 7 nitrogen and oxygen atoms in total. The van der Waals surface area contributed by atoms with E-state index in [2.05, 4.69) is 0 Å². The first-order valence-corrected chi connectivity index (χ1v) is 6.84. The van der Waals surface area contributed by atoms with Crippen LogP contribution < -0.4 is 14.2 Å². The summed E-state index contributed by atoms with van der Waals surface area (Å²) in [7, 11) is -4.41. The van der Waals surface area contributed by atoms with Gasteiger partial charge in [0.25, 0.3) is 10.2 Å². The van der Waals surface area contributed by atoms with Crippen LogP contribution in [0.3, 0.4) is 0 Å². The molecule has 0 amide bonds. The predicted molar refractivity (Wildman–Crippen MR) is 66.2 cm³/mol. The maximum absolute atomic E-state index is 11.9. The molecule has 21 heavy (non-hydrogen) atoms. The highest BCUT2D eigenvalue weighted by atomic mass is 32.2. The summed E-state index contributed by atoms with van der Waals surface area (Å²) in [6.45, 7) is -2.35. The van der Waals surface area contributed by atoms with Gasteiger partial charge in [-0.2, -0.15) is 26.3 Å². The van der Waals surface area contributed by atoms with Crippen LogP contribution in [0.15, 0.2) is 24.3 Å². The van der Waals surface area contributed by atoms with E-state index in [-0.39, 0.29) is 11.4 Å². The summed E-state index contributed by atoms with van der Waals surface area (Å²) >= 11 is 0. The van der Waals surface area contributed by atoms with Gasteiger partial charge in [0, 0.05) is 6.07 Å². The Hall–Kier alpha value is -2.01. The maximum atomic E-state index is 11.9. The summed E-state index contributed by atoms with van der Waals surface area (Å²) in [5, 5.41) is 8.42. The average molecular weight is 328 g/mol. The highest BCUT2D eigenvalue weighted by molar-refractivity contribution is 7.90. The number of rotatable bonds is 7. The Morgan fingerprint density at radius 2 is 2.00 bits per heavy atom. The molecule has 0 saturated carbocycles. The Kier molecular flexibility index (Phi) is 5.38. The summed E-state index contributed by atoms with van der Waals surface area (Å²) in [6, 6.07) is 5.11. The summed E-state index contributed by atoms with van der Waals surface area (Å²) in [5.74, 6) is -1.18. The van der Waals surface area contributed by atoms with Gasteiger partial charge in [-0.3, -0.25) is 4.72 Å². The molecule has 0 aliphatic carbocycles. The van der Waals surface area contributed by atoms with E-state index < -0.39 is 35.5 Å². The fourth-order valence-electron chi connectivity index (χ4n) is 1.16. The van der Waals surface area contributed by atoms with Gasteiger partial charge in [-0.25, -0.2) is 4.79 Å². The standard InChI is InChI=1S/C10H11F3N2O5S/c11-10(12,13)6-14-21(18,19)15-7-2-1-3-8(4-7)20-5-9(16)17/h1-4,14-15H,5-6H2,(H,16,17). The third kappa shape index (κ3) is 7.37. The Morgan fingerprint density at radius 1 is 1.33 bits per heavy atom. The number of benzene rings is 1. The van der Waals surface area contributed by atoms with Gasteiger partial charge >= 0.3 is 12.1 Å². The summed E-state index contributed by atoms with van der Waals surface area (Å²) in [6.07, 6.45) is -4.68. The first kappa shape index (κ1) is 17.0. The van der Waals surface area contributed by atoms with Crippen molar-refractivity contribution in [3.63, 3.8) is 0 Å². The monoisotopic (exact) mass is 328 g/mol. The molecule has 0 aliphatic heterocycles. The van der Waals surface area contributed by atoms with Crippen LogP contribution in [0.5, 0.6) is 5.75 Å². The molecule has 0 heterocycles. The van der Waals surface area contributed by atoms with Crippen molar-refractivity contribution in [1.29, 1.82) is 0 Å². The van der Waals surface area contributed by atoms with E-state index in [1.54, 1.807) is 0 Å². The Morgan fingerprint density at radius 3 is 2.57 bits per heavy atom. The fraction of sp³-hybridized carbons (Fsp3) is 0.300. The number of hydrogen-bond acceptors (Lipinski definition) is 4. The minimum atomic E-state index is -4.68. The number of carboxylic acid groups (broad SMARTS) is 1. The first-order chi connectivity index (χ1) is 9.57. The third-order valence-corrected chi connectivity index (χ3v) is 2.94. The lowest BCUT2D eigenvalue weighted by molar-refractivity contribution is -0.139. The molecule has 1 aromatic carbocycles. The smallest absolute Gasteiger partial charge is 0.402 e. The van der Waals surface area contributed by atoms with E-state index in [1.807, 2.05) is 4.72 Å². The second-order valence-corrected chi connectivity index (χ2v) is 5.25. The van der Waals surface area contributed by atoms with Gasteiger partial charge in [0.2, 0.25) is 0 Å². The zero-order valence-corrected chi connectivity index (χ0v) is 11.2. The number of ether oxygens (including phenoxy) is 1. The van der Waals surface area contributed by atoms with Crippen LogP contribution in [-0.2, 0) is 15.0 Å². The Labute approximate surface area is 117 Å². The third-order valence-electron chi connectivity index (χ3n) is 1.91. The number of anilines is 1. The molecule has 1 aromatic rings. The van der Waals surface area contributed by atoms with E-state index >= 15 is 0 Å². The van der Waals surface area contributed by atoms with Crippen LogP contribution in [0.25, 0.3) is 0 Å². The Bertz CT molecular complexity index is 603. The molecule has 0 aliphatic rings. The number of halogens is 3. The van der Waals surface area contributed by atoms with E-state index in [0.29, 0.717) is 0 Å². The molecule has 0 unspecified atom stereocenters. The molecule has 11 heteroatoms. The van der Waals surface area contributed by atoms with Crippen LogP contribution in [0.2, 0.25) is 0 Å². The lowest BCUT2D eigenvalue weighted by Crippen LogP contribution is -2.37. The van der Waals surface area contributed by atoms with Crippen molar-refractivity contribution in [3.8, 4) is 5.75 Å². The van der Waals surface area contributed by atoms with Gasteiger partial charge < -0.3 is 9.84 Å². The summed E-state index contributed by atoms with van der Waals surface area (Å²) in [5.41, 5.74) is -0.0763. The lowest BCUT2D eigenvalue weighted by Gasteiger charge is -2.12. The van der Waals surface area contributed by atoms with Gasteiger partial charge in [-0.1, -0.05) is 6.07 Å². The quantitative estimate of drug-likeness (QED) is 0.691. The number of aliphatic carboxylic acids is 1. The predicted octanol–water partition coefficient (Wildman–Crippen LogP) is 0.959. The zero-order valence-electron chi connectivity index (χ0n) is 10.3. The molecule has 0 aromatic heterocycles. The number of carboxylic acids is 1. The van der Waals surface area contributed by atoms with Gasteiger partial charge in [0.05, 0.1) is 5.69 Å². The highest BCUT2D eigenvalue weighted by Gasteiger charge is 2.29. The van der Waals surface area contributed by atoms with Crippen LogP contribution in [0.1, 0.15) is 0 Å². The molecule has 1 rings (SSSR count). The van der Waals surface area contributed by atoms with Gasteiger partial charge in [-0.15, -0.1) is 0 Å². The van der Waals surface area contributed by atoms with Crippen LogP contribution in [-0.4, -0.2) is 38.8 Å². The molecule has 0 fully saturated rings. The van der Waals surface area contributed by atoms with Gasteiger partial charge in [0.1, 0.15) is 12.3 Å². The van der Waals surface area contributed by atoms with Gasteiger partial charge in [0.15, 0.2) is 6.61 Å². The zero-order chi connectivity index (χ0) is 16.1. The maximum Gasteiger partial charge on any atom is 0.402 e. The summed E-state index contributed by atoms with van der Waals surface area (Å²) < 4.78 is 66.5. The van der Waals surface area contributed by atoms with E-state index in [0.717, 1.165) is 6.07 Å². The second-order valence-electron chi connectivity index (χ2n) is 3.75. The molecular weight excluding hydrogens is 317 g/mol. The van der Waals surface area contributed by atoms with Crippen molar-refractivity contribution in [3.05, 3.63) is 24.3 Å². The minimum absolute atomic E-state index is 0.0495. The number of alkyl halides is 3. The topological polar surface area (TPSA) is 105 Å². The SMILES string of the molecule is O=C(O)COc1cccc(NS(=O)(=O)NCC(F)(F)F)c1. The molecule has 0 spiro atoms. The molecule has 0 bridgehead atoms. The average Bonchev–Trinajstić information content (AvgIpc) is 2.33. The highest BCUT2D eigenvalue weighted by Crippen LogP contribution is 2.18. The van der Waals surface area contributed by atoms with Crippen molar-refractivity contribution in [2.24, 2.45) is 0 Å². The van der Waals surface area contributed by atoms with Crippen molar-refractivity contribution < 1.29 is 36.2 Å². The largest absolute Gasteiger partial charge is 0.482 e. The number of nitrogens with one attached hydrogen (secondary N) is 2. The summed E-state index contributed by atoms with van der Waals surface area (Å²) in [4.78, 5) is 10.3. The minimum Gasteiger partial charge on any atom is -0.482 e. The van der Waals surface area contributed by atoms with Crippen LogP contribution in [0, 0.1) is 0 Å². The lowest BCUT2D eigenvalue weighted by atomic mass is 10.3. The molecular formula is C10H11F3N2O5S. The molecule has 3 N–H and O–H groups in total. The fourth-order valence-corrected chi connectivity index (χ4v) is 2.03. The molecule has 0 atom stereocenters. The van der Waals surface area contributed by atoms with Crippen molar-refractivity contribution in [2.45, 2.75) is 6.18 Å². The Balaban J connectivity index is 2.69. The van der Waals surface area contributed by atoms with Crippen molar-refractivity contribution >= 4 is 21.9 Å². The molecule has 0 saturated heterocycles. The first-order valence-electron chi connectivity index (χ1n) is 5.36. The van der Waals surface area contributed by atoms with E-state index in [4.69, 9.17) is 9.84 Å². The van der Waals surface area contributed by atoms with Crippen molar-refractivity contribution in [1.82, 2.24) is 4.72 Å². The number of hydrogen-bond donors (Lipinski definition) is 3. The van der Waals surface area contributed by atoms with Crippen molar-refractivity contribution in [2.75, 3.05) is 17.9 Å². The molecule has 0 radical (unpaired) electrons. The number of carbonyl (C=O) groups is 1.